The summed E-state index contributed by atoms with van der Waals surface area (Å²) in [7, 11) is 0. The Labute approximate surface area is 145 Å². The first-order valence-corrected chi connectivity index (χ1v) is 8.46. The van der Waals surface area contributed by atoms with Crippen LogP contribution in [-0.4, -0.2) is 23.3 Å². The largest absolute Gasteiger partial charge is 0.550 e. The third-order valence-electron chi connectivity index (χ3n) is 3.42. The van der Waals surface area contributed by atoms with E-state index in [1.807, 2.05) is 25.1 Å². The molecule has 0 amide bonds. The van der Waals surface area contributed by atoms with Gasteiger partial charge in [0.1, 0.15) is 5.75 Å². The molecule has 2 aromatic rings. The highest BCUT2D eigenvalue weighted by Crippen LogP contribution is 2.32. The van der Waals surface area contributed by atoms with E-state index < -0.39 is 5.97 Å². The summed E-state index contributed by atoms with van der Waals surface area (Å²) in [4.78, 5) is 26.8. The van der Waals surface area contributed by atoms with E-state index in [9.17, 15) is 14.7 Å². The fourth-order valence-electron chi connectivity index (χ4n) is 2.24. The number of hydrogen-bond donors (Lipinski definition) is 0. The van der Waals surface area contributed by atoms with Crippen LogP contribution in [0.15, 0.2) is 23.6 Å². The van der Waals surface area contributed by atoms with Crippen molar-refractivity contribution < 1.29 is 19.4 Å². The minimum atomic E-state index is -1.22. The number of carboxylic acid groups (broad SMARTS) is 1. The van der Waals surface area contributed by atoms with Crippen LogP contribution in [0.1, 0.15) is 47.4 Å². The summed E-state index contributed by atoms with van der Waals surface area (Å²) in [6, 6.07) is 5.94. The maximum absolute atomic E-state index is 12.2. The normalized spacial score (nSPS) is 11.3. The van der Waals surface area contributed by atoms with Gasteiger partial charge in [0, 0.05) is 17.8 Å². The smallest absolute Gasteiger partial charge is 0.228 e. The average molecular weight is 346 g/mol. The third kappa shape index (κ3) is 4.64. The molecule has 0 aliphatic carbocycles. The Bertz CT molecular complexity index is 759. The van der Waals surface area contributed by atoms with E-state index in [2.05, 4.69) is 25.8 Å². The number of ether oxygens (including phenoxy) is 1. The molecule has 0 bridgehead atoms. The Hall–Kier alpha value is -2.21. The number of thiazole rings is 1. The maximum atomic E-state index is 12.2. The zero-order valence-corrected chi connectivity index (χ0v) is 15.0. The van der Waals surface area contributed by atoms with Gasteiger partial charge in [-0.2, -0.15) is 0 Å². The second kappa shape index (κ2) is 7.13. The van der Waals surface area contributed by atoms with Crippen LogP contribution in [-0.2, 0) is 16.6 Å². The van der Waals surface area contributed by atoms with Crippen molar-refractivity contribution in [2.75, 3.05) is 6.61 Å². The number of carbonyl (C=O) groups excluding carboxylic acids is 2. The summed E-state index contributed by atoms with van der Waals surface area (Å²) in [6.07, 6.45) is -0.295. The predicted octanol–water partition coefficient (Wildman–Crippen LogP) is 2.30. The monoisotopic (exact) mass is 346 g/mol. The van der Waals surface area contributed by atoms with Crippen molar-refractivity contribution in [1.82, 2.24) is 4.98 Å². The van der Waals surface area contributed by atoms with Crippen molar-refractivity contribution in [2.24, 2.45) is 0 Å². The number of aryl methyl sites for hydroxylation is 1. The Morgan fingerprint density at radius 1 is 1.29 bits per heavy atom. The van der Waals surface area contributed by atoms with Gasteiger partial charge in [-0.25, -0.2) is 4.98 Å². The Balaban J connectivity index is 2.10. The number of carboxylic acids is 1. The van der Waals surface area contributed by atoms with Crippen molar-refractivity contribution in [2.45, 2.75) is 39.5 Å². The van der Waals surface area contributed by atoms with Crippen molar-refractivity contribution in [3.8, 4) is 5.75 Å². The zero-order valence-electron chi connectivity index (χ0n) is 14.2. The molecule has 0 aliphatic heterocycles. The van der Waals surface area contributed by atoms with Gasteiger partial charge in [-0.3, -0.25) is 4.79 Å². The number of Topliss-reactive ketones (excluding diaryl/α,β-unsaturated/α-hetero) is 1. The number of benzene rings is 1. The summed E-state index contributed by atoms with van der Waals surface area (Å²) >= 11 is 1.12. The lowest BCUT2D eigenvalue weighted by Crippen LogP contribution is -2.24. The minimum Gasteiger partial charge on any atom is -0.550 e. The van der Waals surface area contributed by atoms with Gasteiger partial charge in [0.05, 0.1) is 5.69 Å². The van der Waals surface area contributed by atoms with E-state index in [0.717, 1.165) is 22.5 Å². The quantitative estimate of drug-likeness (QED) is 0.750. The standard InChI is InChI=1S/C18H21NO4S/c1-11-5-6-13(18(2,3)4)15(7-11)23-9-14(20)17-19-12(10-24-17)8-16(21)22/h5-7,10H,8-9H2,1-4H3,(H,21,22)/p-1. The Morgan fingerprint density at radius 3 is 2.62 bits per heavy atom. The molecule has 0 atom stereocenters. The molecule has 0 unspecified atom stereocenters. The highest BCUT2D eigenvalue weighted by Gasteiger charge is 2.20. The van der Waals surface area contributed by atoms with Gasteiger partial charge in [-0.1, -0.05) is 32.9 Å². The van der Waals surface area contributed by atoms with Gasteiger partial charge < -0.3 is 14.6 Å². The van der Waals surface area contributed by atoms with E-state index in [4.69, 9.17) is 4.74 Å². The van der Waals surface area contributed by atoms with Gasteiger partial charge in [-0.05, 0) is 29.5 Å². The number of carbonyl (C=O) groups is 2. The molecule has 6 heteroatoms. The van der Waals surface area contributed by atoms with Gasteiger partial charge in [-0.15, -0.1) is 11.3 Å². The van der Waals surface area contributed by atoms with E-state index in [0.29, 0.717) is 11.4 Å². The first-order valence-electron chi connectivity index (χ1n) is 7.58. The predicted molar refractivity (Wildman–Crippen MR) is 90.5 cm³/mol. The van der Waals surface area contributed by atoms with Crippen LogP contribution < -0.4 is 9.84 Å². The van der Waals surface area contributed by atoms with E-state index in [-0.39, 0.29) is 29.2 Å². The topological polar surface area (TPSA) is 79.3 Å². The second-order valence-electron chi connectivity index (χ2n) is 6.65. The van der Waals surface area contributed by atoms with Gasteiger partial charge in [0.15, 0.2) is 11.6 Å². The third-order valence-corrected chi connectivity index (χ3v) is 4.35. The molecule has 1 aromatic heterocycles. The fraction of sp³-hybridized carbons (Fsp3) is 0.389. The van der Waals surface area contributed by atoms with Crippen LogP contribution in [0.25, 0.3) is 0 Å². The van der Waals surface area contributed by atoms with Crippen molar-refractivity contribution in [1.29, 1.82) is 0 Å². The highest BCUT2D eigenvalue weighted by atomic mass is 32.1. The summed E-state index contributed by atoms with van der Waals surface area (Å²) in [5, 5.41) is 12.4. The maximum Gasteiger partial charge on any atom is 0.228 e. The van der Waals surface area contributed by atoms with Crippen molar-refractivity contribution >= 4 is 23.1 Å². The molecular formula is C18H20NO4S-. The average Bonchev–Trinajstić information content (AvgIpc) is 2.91. The first-order chi connectivity index (χ1) is 11.2. The number of hydrogen-bond acceptors (Lipinski definition) is 6. The molecule has 0 aliphatic rings. The SMILES string of the molecule is Cc1ccc(C(C)(C)C)c(OCC(=O)c2nc(CC(=O)[O-])cs2)c1. The van der Waals surface area contributed by atoms with Gasteiger partial charge in [0.25, 0.3) is 0 Å². The number of ketones is 1. The molecule has 5 nitrogen and oxygen atoms in total. The molecule has 128 valence electrons. The molecule has 0 saturated heterocycles. The molecule has 1 heterocycles. The Kier molecular flexibility index (Phi) is 5.39. The van der Waals surface area contributed by atoms with E-state index in [1.165, 1.54) is 0 Å². The molecule has 0 spiro atoms. The van der Waals surface area contributed by atoms with E-state index >= 15 is 0 Å². The van der Waals surface area contributed by atoms with Crippen LogP contribution in [0.4, 0.5) is 0 Å². The summed E-state index contributed by atoms with van der Waals surface area (Å²) in [6.45, 7) is 8.08. The summed E-state index contributed by atoms with van der Waals surface area (Å²) in [5.74, 6) is -0.807. The number of aromatic nitrogens is 1. The lowest BCUT2D eigenvalue weighted by Gasteiger charge is -2.23. The zero-order chi connectivity index (χ0) is 17.9. The number of aliphatic carboxylic acids is 1. The van der Waals surface area contributed by atoms with Crippen LogP contribution in [0.2, 0.25) is 0 Å². The fourth-order valence-corrected chi connectivity index (χ4v) is 2.98. The molecule has 2 rings (SSSR count). The summed E-state index contributed by atoms with van der Waals surface area (Å²) < 4.78 is 5.74. The van der Waals surface area contributed by atoms with Crippen LogP contribution in [0, 0.1) is 6.92 Å². The van der Waals surface area contributed by atoms with Crippen molar-refractivity contribution in [3.05, 3.63) is 45.4 Å². The number of rotatable bonds is 6. The van der Waals surface area contributed by atoms with Crippen LogP contribution in [0.3, 0.4) is 0 Å². The van der Waals surface area contributed by atoms with Crippen molar-refractivity contribution in [3.63, 3.8) is 0 Å². The molecule has 0 fully saturated rings. The molecule has 0 saturated carbocycles. The highest BCUT2D eigenvalue weighted by molar-refractivity contribution is 7.11. The molecule has 1 aromatic carbocycles. The lowest BCUT2D eigenvalue weighted by atomic mass is 9.86. The Morgan fingerprint density at radius 2 is 2.00 bits per heavy atom. The lowest BCUT2D eigenvalue weighted by molar-refractivity contribution is -0.304. The van der Waals surface area contributed by atoms with Crippen LogP contribution in [0.5, 0.6) is 5.75 Å². The minimum absolute atomic E-state index is 0.102. The van der Waals surface area contributed by atoms with Gasteiger partial charge >= 0.3 is 0 Å². The molecule has 0 radical (unpaired) electrons. The van der Waals surface area contributed by atoms with Gasteiger partial charge in [0.2, 0.25) is 5.78 Å². The molecule has 0 N–H and O–H groups in total. The first kappa shape index (κ1) is 18.1. The molecule has 24 heavy (non-hydrogen) atoms. The molecular weight excluding hydrogens is 326 g/mol. The second-order valence-corrected chi connectivity index (χ2v) is 7.51. The number of nitrogens with zero attached hydrogens (tertiary/aromatic N) is 1. The summed E-state index contributed by atoms with van der Waals surface area (Å²) in [5.41, 5.74) is 2.30. The van der Waals surface area contributed by atoms with Crippen LogP contribution >= 0.6 is 11.3 Å². The van der Waals surface area contributed by atoms with E-state index in [1.54, 1.807) is 5.38 Å².